The van der Waals surface area contributed by atoms with Gasteiger partial charge in [0.05, 0.1) is 18.7 Å². The molecule has 0 spiro atoms. The van der Waals surface area contributed by atoms with Gasteiger partial charge in [0.15, 0.2) is 0 Å². The number of hydrogen-bond donors (Lipinski definition) is 2. The van der Waals surface area contributed by atoms with Gasteiger partial charge in [-0.1, -0.05) is 48.5 Å². The minimum absolute atomic E-state index is 0.0289. The molecule has 5 nitrogen and oxygen atoms in total. The van der Waals surface area contributed by atoms with Gasteiger partial charge in [-0.3, -0.25) is 9.36 Å². The van der Waals surface area contributed by atoms with Gasteiger partial charge in [0.1, 0.15) is 0 Å². The SMILES string of the molecule is O=c1[nH]c(C2CCC(c3ccccc3)CC2)c(Cc2cccc(C(F)(F)F)c2)c(=O)n1CCO. The van der Waals surface area contributed by atoms with E-state index >= 15 is 0 Å². The Morgan fingerprint density at radius 3 is 2.26 bits per heavy atom. The van der Waals surface area contributed by atoms with Gasteiger partial charge in [0, 0.05) is 17.7 Å². The van der Waals surface area contributed by atoms with Crippen LogP contribution in [0.25, 0.3) is 0 Å². The molecule has 1 aliphatic rings. The number of aliphatic hydroxyl groups excluding tert-OH is 1. The molecule has 1 saturated carbocycles. The fourth-order valence-electron chi connectivity index (χ4n) is 4.95. The van der Waals surface area contributed by atoms with Crippen LogP contribution in [0.4, 0.5) is 13.2 Å². The van der Waals surface area contributed by atoms with Crippen LogP contribution in [0.5, 0.6) is 0 Å². The molecule has 2 aromatic carbocycles. The van der Waals surface area contributed by atoms with E-state index in [9.17, 15) is 27.9 Å². The average Bonchev–Trinajstić information content (AvgIpc) is 2.84. The molecule has 1 aromatic heterocycles. The van der Waals surface area contributed by atoms with E-state index in [2.05, 4.69) is 17.1 Å². The van der Waals surface area contributed by atoms with E-state index in [1.165, 1.54) is 11.6 Å². The Bertz CT molecular complexity index is 1240. The third kappa shape index (κ3) is 5.17. The van der Waals surface area contributed by atoms with E-state index in [4.69, 9.17) is 0 Å². The summed E-state index contributed by atoms with van der Waals surface area (Å²) in [5, 5.41) is 9.29. The number of alkyl halides is 3. The molecule has 0 aliphatic heterocycles. The Hall–Kier alpha value is -3.13. The Labute approximate surface area is 194 Å². The van der Waals surface area contributed by atoms with Crippen molar-refractivity contribution in [1.29, 1.82) is 0 Å². The summed E-state index contributed by atoms with van der Waals surface area (Å²) in [5.74, 6) is 0.329. The van der Waals surface area contributed by atoms with Crippen LogP contribution in [0.2, 0.25) is 0 Å². The van der Waals surface area contributed by atoms with Gasteiger partial charge < -0.3 is 10.1 Å². The van der Waals surface area contributed by atoms with Crippen LogP contribution >= 0.6 is 0 Å². The lowest BCUT2D eigenvalue weighted by Crippen LogP contribution is -2.40. The Balaban J connectivity index is 1.68. The highest BCUT2D eigenvalue weighted by atomic mass is 19.4. The summed E-state index contributed by atoms with van der Waals surface area (Å²) in [7, 11) is 0. The number of aromatic amines is 1. The maximum Gasteiger partial charge on any atom is 0.416 e. The van der Waals surface area contributed by atoms with Gasteiger partial charge in [-0.05, 0) is 54.7 Å². The van der Waals surface area contributed by atoms with Crippen molar-refractivity contribution in [3.63, 3.8) is 0 Å². The van der Waals surface area contributed by atoms with E-state index in [0.29, 0.717) is 17.2 Å². The molecule has 0 atom stereocenters. The first-order valence-electron chi connectivity index (χ1n) is 11.5. The molecule has 0 radical (unpaired) electrons. The van der Waals surface area contributed by atoms with Crippen molar-refractivity contribution in [1.82, 2.24) is 9.55 Å². The molecule has 8 heteroatoms. The summed E-state index contributed by atoms with van der Waals surface area (Å²) in [5.41, 5.74) is 0.451. The number of halogens is 3. The largest absolute Gasteiger partial charge is 0.416 e. The van der Waals surface area contributed by atoms with Gasteiger partial charge >= 0.3 is 11.9 Å². The topological polar surface area (TPSA) is 75.1 Å². The standard InChI is InChI=1S/C26H27F3N2O3/c27-26(28,29)21-8-4-5-17(15-21)16-22-23(30-25(34)31(13-14-32)24(22)33)20-11-9-19(10-12-20)18-6-2-1-3-7-18/h1-8,15,19-20,32H,9-14,16H2,(H,30,34). The molecule has 0 unspecified atom stereocenters. The molecule has 34 heavy (non-hydrogen) atoms. The molecule has 1 fully saturated rings. The predicted octanol–water partition coefficient (Wildman–Crippen LogP) is 4.58. The van der Waals surface area contributed by atoms with Crippen LogP contribution < -0.4 is 11.2 Å². The molecule has 1 aliphatic carbocycles. The first-order chi connectivity index (χ1) is 16.3. The molecule has 2 N–H and O–H groups in total. The Morgan fingerprint density at radius 2 is 1.62 bits per heavy atom. The number of rotatable bonds is 6. The number of H-pyrrole nitrogens is 1. The third-order valence-electron chi connectivity index (χ3n) is 6.68. The van der Waals surface area contributed by atoms with Crippen LogP contribution in [0.3, 0.4) is 0 Å². The third-order valence-corrected chi connectivity index (χ3v) is 6.68. The maximum absolute atomic E-state index is 13.2. The smallest absolute Gasteiger partial charge is 0.395 e. The molecule has 0 amide bonds. The van der Waals surface area contributed by atoms with Crippen LogP contribution in [-0.2, 0) is 19.1 Å². The van der Waals surface area contributed by atoms with Gasteiger partial charge in [-0.15, -0.1) is 0 Å². The zero-order valence-electron chi connectivity index (χ0n) is 18.6. The first-order valence-corrected chi connectivity index (χ1v) is 11.5. The van der Waals surface area contributed by atoms with E-state index in [1.807, 2.05) is 18.2 Å². The zero-order valence-corrected chi connectivity index (χ0v) is 18.6. The van der Waals surface area contributed by atoms with Crippen LogP contribution in [0, 0.1) is 0 Å². The Kier molecular flexibility index (Phi) is 7.07. The van der Waals surface area contributed by atoms with E-state index in [1.54, 1.807) is 6.07 Å². The second kappa shape index (κ2) is 10.0. The van der Waals surface area contributed by atoms with Crippen molar-refractivity contribution in [2.45, 2.75) is 56.7 Å². The van der Waals surface area contributed by atoms with Crippen LogP contribution in [0.15, 0.2) is 64.2 Å². The van der Waals surface area contributed by atoms with Crippen molar-refractivity contribution in [2.24, 2.45) is 0 Å². The van der Waals surface area contributed by atoms with E-state index in [0.717, 1.165) is 42.4 Å². The number of hydrogen-bond acceptors (Lipinski definition) is 3. The zero-order chi connectivity index (χ0) is 24.3. The second-order valence-corrected chi connectivity index (χ2v) is 8.84. The number of benzene rings is 2. The van der Waals surface area contributed by atoms with Crippen molar-refractivity contribution in [3.8, 4) is 0 Å². The minimum atomic E-state index is -4.49. The fraction of sp³-hybridized carbons (Fsp3) is 0.385. The van der Waals surface area contributed by atoms with Crippen molar-refractivity contribution >= 4 is 0 Å². The summed E-state index contributed by atoms with van der Waals surface area (Å²) >= 11 is 0. The van der Waals surface area contributed by atoms with Gasteiger partial charge in [-0.2, -0.15) is 13.2 Å². The quantitative estimate of drug-likeness (QED) is 0.552. The highest BCUT2D eigenvalue weighted by Gasteiger charge is 2.31. The highest BCUT2D eigenvalue weighted by Crippen LogP contribution is 2.40. The molecule has 0 saturated heterocycles. The molecule has 0 bridgehead atoms. The van der Waals surface area contributed by atoms with E-state index in [-0.39, 0.29) is 24.4 Å². The van der Waals surface area contributed by atoms with Crippen molar-refractivity contribution in [3.05, 3.63) is 103 Å². The lowest BCUT2D eigenvalue weighted by molar-refractivity contribution is -0.137. The lowest BCUT2D eigenvalue weighted by Gasteiger charge is -2.30. The summed E-state index contributed by atoms with van der Waals surface area (Å²) in [6, 6.07) is 15.1. The second-order valence-electron chi connectivity index (χ2n) is 8.84. The summed E-state index contributed by atoms with van der Waals surface area (Å²) in [6.45, 7) is -0.571. The van der Waals surface area contributed by atoms with E-state index < -0.39 is 29.6 Å². The fourth-order valence-corrected chi connectivity index (χ4v) is 4.95. The predicted molar refractivity (Wildman–Crippen MR) is 123 cm³/mol. The lowest BCUT2D eigenvalue weighted by atomic mass is 9.76. The minimum Gasteiger partial charge on any atom is -0.395 e. The molecular formula is C26H27F3N2O3. The van der Waals surface area contributed by atoms with Crippen LogP contribution in [0.1, 0.15) is 65.5 Å². The summed E-state index contributed by atoms with van der Waals surface area (Å²) in [4.78, 5) is 28.7. The monoisotopic (exact) mass is 472 g/mol. The van der Waals surface area contributed by atoms with Crippen molar-refractivity contribution < 1.29 is 18.3 Å². The number of nitrogens with zero attached hydrogens (tertiary/aromatic N) is 1. The average molecular weight is 473 g/mol. The number of aliphatic hydroxyl groups is 1. The van der Waals surface area contributed by atoms with Crippen molar-refractivity contribution in [2.75, 3.05) is 6.61 Å². The Morgan fingerprint density at radius 1 is 0.941 bits per heavy atom. The molecule has 3 aromatic rings. The number of nitrogens with one attached hydrogen (secondary N) is 1. The normalized spacial score (nSPS) is 18.7. The van der Waals surface area contributed by atoms with Crippen LogP contribution in [-0.4, -0.2) is 21.3 Å². The molecule has 180 valence electrons. The molecular weight excluding hydrogens is 445 g/mol. The highest BCUT2D eigenvalue weighted by molar-refractivity contribution is 5.33. The summed E-state index contributed by atoms with van der Waals surface area (Å²) in [6.07, 6.45) is -1.22. The number of aromatic nitrogens is 2. The molecule has 4 rings (SSSR count). The first kappa shape index (κ1) is 24.0. The molecule has 1 heterocycles. The van der Waals surface area contributed by atoms with Gasteiger partial charge in [-0.25, -0.2) is 4.79 Å². The van der Waals surface area contributed by atoms with Gasteiger partial charge in [0.2, 0.25) is 0 Å². The van der Waals surface area contributed by atoms with Gasteiger partial charge in [0.25, 0.3) is 5.56 Å². The summed E-state index contributed by atoms with van der Waals surface area (Å²) < 4.78 is 40.5. The maximum atomic E-state index is 13.2.